The van der Waals surface area contributed by atoms with Crippen LogP contribution in [-0.4, -0.2) is 31.5 Å². The molecule has 0 spiro atoms. The molecule has 0 aromatic heterocycles. The number of nitrogens with one attached hydrogen (secondary N) is 2. The Kier molecular flexibility index (Phi) is 7.96. The van der Waals surface area contributed by atoms with E-state index in [0.29, 0.717) is 23.7 Å². The minimum atomic E-state index is -0.325. The molecule has 138 valence electrons. The first-order chi connectivity index (χ1) is 12.5. The molecule has 0 unspecified atom stereocenters. The van der Waals surface area contributed by atoms with Crippen molar-refractivity contribution in [2.24, 2.45) is 0 Å². The van der Waals surface area contributed by atoms with E-state index in [1.54, 1.807) is 24.3 Å². The zero-order valence-electron chi connectivity index (χ0n) is 14.8. The number of rotatable bonds is 9. The molecule has 2 N–H and O–H groups in total. The molecule has 0 saturated heterocycles. The average Bonchev–Trinajstić information content (AvgIpc) is 2.64. The van der Waals surface area contributed by atoms with Crippen LogP contribution in [0.5, 0.6) is 5.75 Å². The van der Waals surface area contributed by atoms with Gasteiger partial charge in [-0.05, 0) is 50.1 Å². The lowest BCUT2D eigenvalue weighted by Gasteiger charge is -2.08. The number of unbranched alkanes of at least 4 members (excludes halogenated alkanes) is 1. The number of carbonyl (C=O) groups is 2. The number of amides is 2. The quantitative estimate of drug-likeness (QED) is 0.661. The number of hydrogen-bond acceptors (Lipinski definition) is 3. The Morgan fingerprint density at radius 3 is 2.54 bits per heavy atom. The number of ether oxygens (including phenoxy) is 1. The predicted octanol–water partition coefficient (Wildman–Crippen LogP) is 3.35. The monoisotopic (exact) mass is 374 g/mol. The van der Waals surface area contributed by atoms with Crippen LogP contribution < -0.4 is 15.4 Å². The number of hydrogen-bond donors (Lipinski definition) is 2. The number of benzene rings is 2. The summed E-state index contributed by atoms with van der Waals surface area (Å²) in [6.07, 6.45) is 1.64. The molecule has 0 atom stereocenters. The van der Waals surface area contributed by atoms with Crippen LogP contribution in [0.25, 0.3) is 0 Å². The van der Waals surface area contributed by atoms with Gasteiger partial charge in [0.2, 0.25) is 5.91 Å². The van der Waals surface area contributed by atoms with Crippen molar-refractivity contribution in [2.75, 3.05) is 19.7 Å². The van der Waals surface area contributed by atoms with Gasteiger partial charge >= 0.3 is 0 Å². The highest BCUT2D eigenvalue weighted by Gasteiger charge is 2.08. The van der Waals surface area contributed by atoms with Crippen LogP contribution in [0.2, 0.25) is 5.02 Å². The summed E-state index contributed by atoms with van der Waals surface area (Å²) in [5.74, 6) is 0.303. The van der Waals surface area contributed by atoms with Gasteiger partial charge in [-0.2, -0.15) is 0 Å². The van der Waals surface area contributed by atoms with Crippen LogP contribution in [0, 0.1) is 6.92 Å². The van der Waals surface area contributed by atoms with Gasteiger partial charge in [0.15, 0.2) is 0 Å². The van der Waals surface area contributed by atoms with E-state index < -0.39 is 0 Å². The Hall–Kier alpha value is -2.53. The molecule has 2 amide bonds. The van der Waals surface area contributed by atoms with Crippen molar-refractivity contribution in [3.8, 4) is 5.75 Å². The van der Waals surface area contributed by atoms with Crippen LogP contribution in [0.15, 0.2) is 48.5 Å². The van der Waals surface area contributed by atoms with Gasteiger partial charge in [-0.15, -0.1) is 0 Å². The van der Waals surface area contributed by atoms with Gasteiger partial charge in [0, 0.05) is 17.1 Å². The first-order valence-electron chi connectivity index (χ1n) is 8.54. The Labute approximate surface area is 158 Å². The molecule has 0 aliphatic heterocycles. The molecule has 0 bridgehead atoms. The molecule has 5 nitrogen and oxygen atoms in total. The molecule has 6 heteroatoms. The zero-order chi connectivity index (χ0) is 18.8. The molecule has 0 heterocycles. The van der Waals surface area contributed by atoms with E-state index in [1.165, 1.54) is 5.56 Å². The van der Waals surface area contributed by atoms with E-state index >= 15 is 0 Å². The van der Waals surface area contributed by atoms with Gasteiger partial charge in [0.05, 0.1) is 13.2 Å². The Morgan fingerprint density at radius 1 is 1.04 bits per heavy atom. The SMILES string of the molecule is Cc1ccc(OCCCCNC(=O)CNC(=O)c2cccc(Cl)c2)cc1. The Bertz CT molecular complexity index is 732. The minimum absolute atomic E-state index is 0.0643. The third-order valence-corrected chi connectivity index (χ3v) is 3.91. The highest BCUT2D eigenvalue weighted by Crippen LogP contribution is 2.12. The van der Waals surface area contributed by atoms with Crippen molar-refractivity contribution >= 4 is 23.4 Å². The molecular formula is C20H23ClN2O3. The first-order valence-corrected chi connectivity index (χ1v) is 8.92. The first kappa shape index (κ1) is 19.8. The Balaban J connectivity index is 1.54. The lowest BCUT2D eigenvalue weighted by atomic mass is 10.2. The lowest BCUT2D eigenvalue weighted by molar-refractivity contribution is -0.120. The fourth-order valence-electron chi connectivity index (χ4n) is 2.23. The van der Waals surface area contributed by atoms with Gasteiger partial charge in [-0.3, -0.25) is 9.59 Å². The molecule has 0 radical (unpaired) electrons. The van der Waals surface area contributed by atoms with Crippen LogP contribution >= 0.6 is 11.6 Å². The molecule has 0 aliphatic carbocycles. The van der Waals surface area contributed by atoms with Gasteiger partial charge in [-0.25, -0.2) is 0 Å². The number of aryl methyl sites for hydroxylation is 1. The highest BCUT2D eigenvalue weighted by atomic mass is 35.5. The van der Waals surface area contributed by atoms with Crippen molar-refractivity contribution in [2.45, 2.75) is 19.8 Å². The molecule has 2 aromatic rings. The number of halogens is 1. The van der Waals surface area contributed by atoms with E-state index in [-0.39, 0.29) is 18.4 Å². The van der Waals surface area contributed by atoms with Crippen molar-refractivity contribution < 1.29 is 14.3 Å². The van der Waals surface area contributed by atoms with Gasteiger partial charge in [0.25, 0.3) is 5.91 Å². The maximum atomic E-state index is 11.9. The topological polar surface area (TPSA) is 67.4 Å². The van der Waals surface area contributed by atoms with Crippen LogP contribution in [-0.2, 0) is 4.79 Å². The minimum Gasteiger partial charge on any atom is -0.494 e. The van der Waals surface area contributed by atoms with Gasteiger partial charge < -0.3 is 15.4 Å². The maximum absolute atomic E-state index is 11.9. The van der Waals surface area contributed by atoms with Gasteiger partial charge in [-0.1, -0.05) is 35.4 Å². The number of carbonyl (C=O) groups excluding carboxylic acids is 2. The molecule has 2 rings (SSSR count). The van der Waals surface area contributed by atoms with Gasteiger partial charge in [0.1, 0.15) is 5.75 Å². The summed E-state index contributed by atoms with van der Waals surface area (Å²) in [6, 6.07) is 14.5. The van der Waals surface area contributed by atoms with Crippen molar-refractivity contribution in [1.29, 1.82) is 0 Å². The molecule has 0 fully saturated rings. The summed E-state index contributed by atoms with van der Waals surface area (Å²) in [5, 5.41) is 5.82. The summed E-state index contributed by atoms with van der Waals surface area (Å²) in [4.78, 5) is 23.7. The molecule has 26 heavy (non-hydrogen) atoms. The highest BCUT2D eigenvalue weighted by molar-refractivity contribution is 6.30. The second-order valence-electron chi connectivity index (χ2n) is 5.91. The fraction of sp³-hybridized carbons (Fsp3) is 0.300. The summed E-state index contributed by atoms with van der Waals surface area (Å²) in [5.41, 5.74) is 1.63. The van der Waals surface area contributed by atoms with Crippen LogP contribution in [0.3, 0.4) is 0 Å². The fourth-order valence-corrected chi connectivity index (χ4v) is 2.42. The predicted molar refractivity (Wildman–Crippen MR) is 103 cm³/mol. The second-order valence-corrected chi connectivity index (χ2v) is 6.35. The van der Waals surface area contributed by atoms with E-state index in [0.717, 1.165) is 18.6 Å². The van der Waals surface area contributed by atoms with Crippen molar-refractivity contribution in [3.63, 3.8) is 0 Å². The van der Waals surface area contributed by atoms with E-state index in [2.05, 4.69) is 10.6 Å². The second kappa shape index (κ2) is 10.5. The van der Waals surface area contributed by atoms with E-state index in [9.17, 15) is 9.59 Å². The molecule has 0 aliphatic rings. The largest absolute Gasteiger partial charge is 0.494 e. The molecule has 2 aromatic carbocycles. The van der Waals surface area contributed by atoms with Crippen LogP contribution in [0.1, 0.15) is 28.8 Å². The van der Waals surface area contributed by atoms with Crippen molar-refractivity contribution in [1.82, 2.24) is 10.6 Å². The zero-order valence-corrected chi connectivity index (χ0v) is 15.5. The normalized spacial score (nSPS) is 10.2. The summed E-state index contributed by atoms with van der Waals surface area (Å²) in [7, 11) is 0. The third-order valence-electron chi connectivity index (χ3n) is 3.68. The van der Waals surface area contributed by atoms with Crippen LogP contribution in [0.4, 0.5) is 0 Å². The summed E-state index contributed by atoms with van der Waals surface area (Å²) in [6.45, 7) is 3.11. The maximum Gasteiger partial charge on any atom is 0.251 e. The Morgan fingerprint density at radius 2 is 1.81 bits per heavy atom. The van der Waals surface area contributed by atoms with E-state index in [4.69, 9.17) is 16.3 Å². The van der Waals surface area contributed by atoms with Crippen molar-refractivity contribution in [3.05, 3.63) is 64.7 Å². The lowest BCUT2D eigenvalue weighted by Crippen LogP contribution is -2.37. The van der Waals surface area contributed by atoms with E-state index in [1.807, 2.05) is 31.2 Å². The summed E-state index contributed by atoms with van der Waals surface area (Å²) < 4.78 is 5.63. The molecule has 0 saturated carbocycles. The smallest absolute Gasteiger partial charge is 0.251 e. The summed E-state index contributed by atoms with van der Waals surface area (Å²) >= 11 is 5.84. The average molecular weight is 375 g/mol. The molecular weight excluding hydrogens is 352 g/mol. The standard InChI is InChI=1S/C20H23ClN2O3/c1-15-7-9-18(10-8-15)26-12-3-2-11-22-19(24)14-23-20(25)16-5-4-6-17(21)13-16/h4-10,13H,2-3,11-12,14H2,1H3,(H,22,24)(H,23,25). The third kappa shape index (κ3) is 7.15.